The third-order valence-corrected chi connectivity index (χ3v) is 3.28. The molecular formula is C16H13F6N3S. The van der Waals surface area contributed by atoms with E-state index in [2.05, 4.69) is 17.6 Å². The highest BCUT2D eigenvalue weighted by molar-refractivity contribution is 7.80. The summed E-state index contributed by atoms with van der Waals surface area (Å²) < 4.78 is 74.0. The lowest BCUT2D eigenvalue weighted by molar-refractivity contribution is -0.156. The van der Waals surface area contributed by atoms with Crippen molar-refractivity contribution in [3.63, 3.8) is 0 Å². The standard InChI is InChI=1S/C10H9F6N.C6H4N2S/c1-17-8(10(14,15)16)6-2-4-7(5-3-6)9(11,12)13;7-2-5-1-6(9)4-8-3-5/h2-5,8,17H,1H3;1,3-4,9H/t8-;/m1./s1. The summed E-state index contributed by atoms with van der Waals surface area (Å²) in [6.07, 6.45) is -6.01. The Morgan fingerprint density at radius 2 is 1.65 bits per heavy atom. The van der Waals surface area contributed by atoms with Crippen molar-refractivity contribution < 1.29 is 26.3 Å². The molecule has 0 fully saturated rings. The zero-order chi connectivity index (χ0) is 20.0. The van der Waals surface area contributed by atoms with Crippen LogP contribution in [0.3, 0.4) is 0 Å². The van der Waals surface area contributed by atoms with E-state index in [4.69, 9.17) is 5.26 Å². The maximum Gasteiger partial charge on any atom is 0.416 e. The van der Waals surface area contributed by atoms with Crippen LogP contribution >= 0.6 is 12.6 Å². The summed E-state index contributed by atoms with van der Waals surface area (Å²) in [4.78, 5) is 4.47. The first-order valence-corrected chi connectivity index (χ1v) is 7.39. The van der Waals surface area contributed by atoms with E-state index in [1.165, 1.54) is 6.20 Å². The first kappa shape index (κ1) is 21.8. The van der Waals surface area contributed by atoms with Crippen molar-refractivity contribution in [2.24, 2.45) is 0 Å². The van der Waals surface area contributed by atoms with Crippen LogP contribution in [0.4, 0.5) is 26.3 Å². The van der Waals surface area contributed by atoms with Crippen LogP contribution in [0.1, 0.15) is 22.7 Å². The summed E-state index contributed by atoms with van der Waals surface area (Å²) in [5.41, 5.74) is -0.686. The minimum atomic E-state index is -4.55. The topological polar surface area (TPSA) is 48.7 Å². The number of pyridine rings is 1. The van der Waals surface area contributed by atoms with Gasteiger partial charge in [-0.2, -0.15) is 31.6 Å². The zero-order valence-corrected chi connectivity index (χ0v) is 14.1. The second-order valence-electron chi connectivity index (χ2n) is 4.93. The molecule has 0 amide bonds. The van der Waals surface area contributed by atoms with Crippen LogP contribution in [-0.4, -0.2) is 18.2 Å². The van der Waals surface area contributed by atoms with Crippen molar-refractivity contribution >= 4 is 12.6 Å². The van der Waals surface area contributed by atoms with Crippen molar-refractivity contribution in [2.45, 2.75) is 23.3 Å². The van der Waals surface area contributed by atoms with E-state index in [0.717, 1.165) is 19.2 Å². The molecule has 0 bridgehead atoms. The van der Waals surface area contributed by atoms with Crippen LogP contribution < -0.4 is 5.32 Å². The van der Waals surface area contributed by atoms with E-state index < -0.39 is 24.0 Å². The van der Waals surface area contributed by atoms with Crippen molar-refractivity contribution in [1.82, 2.24) is 10.3 Å². The number of hydrogen-bond donors (Lipinski definition) is 2. The van der Waals surface area contributed by atoms with E-state index in [0.29, 0.717) is 22.6 Å². The molecule has 2 rings (SSSR count). The second kappa shape index (κ2) is 8.91. The minimum absolute atomic E-state index is 0.256. The van der Waals surface area contributed by atoms with E-state index in [1.807, 2.05) is 11.4 Å². The molecule has 1 heterocycles. The largest absolute Gasteiger partial charge is 0.416 e. The van der Waals surface area contributed by atoms with Crippen LogP contribution in [0.2, 0.25) is 0 Å². The number of nitriles is 1. The SMILES string of the molecule is CN[C@H](c1ccc(C(F)(F)F)cc1)C(F)(F)F.N#Cc1cncc(S)c1. The lowest BCUT2D eigenvalue weighted by Gasteiger charge is -2.20. The van der Waals surface area contributed by atoms with Gasteiger partial charge in [-0.05, 0) is 30.8 Å². The summed E-state index contributed by atoms with van der Waals surface area (Å²) in [6.45, 7) is 0. The Morgan fingerprint density at radius 3 is 2.00 bits per heavy atom. The number of nitrogens with one attached hydrogen (secondary N) is 1. The number of alkyl halides is 6. The van der Waals surface area contributed by atoms with Crippen LogP contribution in [-0.2, 0) is 6.18 Å². The predicted molar refractivity (Wildman–Crippen MR) is 85.5 cm³/mol. The summed E-state index contributed by atoms with van der Waals surface area (Å²) in [5.74, 6) is 0. The highest BCUT2D eigenvalue weighted by atomic mass is 32.1. The molecule has 0 saturated carbocycles. The molecule has 1 aromatic carbocycles. The lowest BCUT2D eigenvalue weighted by atomic mass is 10.0. The van der Waals surface area contributed by atoms with E-state index >= 15 is 0 Å². The van der Waals surface area contributed by atoms with Gasteiger partial charge in [-0.15, -0.1) is 12.6 Å². The fourth-order valence-corrected chi connectivity index (χ4v) is 2.08. The minimum Gasteiger partial charge on any atom is -0.306 e. The van der Waals surface area contributed by atoms with Crippen molar-refractivity contribution in [2.75, 3.05) is 7.05 Å². The van der Waals surface area contributed by atoms with Gasteiger partial charge in [0.25, 0.3) is 0 Å². The third-order valence-electron chi connectivity index (χ3n) is 3.04. The first-order valence-electron chi connectivity index (χ1n) is 6.94. The molecule has 0 aliphatic heterocycles. The molecule has 0 radical (unpaired) electrons. The van der Waals surface area contributed by atoms with Crippen LogP contribution in [0, 0.1) is 11.3 Å². The quantitative estimate of drug-likeness (QED) is 0.571. The van der Waals surface area contributed by atoms with Gasteiger partial charge in [0.2, 0.25) is 0 Å². The number of benzene rings is 1. The van der Waals surface area contributed by atoms with Gasteiger partial charge in [0.1, 0.15) is 12.1 Å². The Kier molecular flexibility index (Phi) is 7.47. The average molecular weight is 393 g/mol. The van der Waals surface area contributed by atoms with Gasteiger partial charge in [0.05, 0.1) is 11.1 Å². The van der Waals surface area contributed by atoms with Crippen LogP contribution in [0.15, 0.2) is 47.6 Å². The summed E-state index contributed by atoms with van der Waals surface area (Å²) >= 11 is 3.99. The fraction of sp³-hybridized carbons (Fsp3) is 0.250. The highest BCUT2D eigenvalue weighted by Gasteiger charge is 2.40. The van der Waals surface area contributed by atoms with Crippen molar-refractivity contribution in [1.29, 1.82) is 5.26 Å². The van der Waals surface area contributed by atoms with Crippen molar-refractivity contribution in [3.8, 4) is 6.07 Å². The molecule has 0 aliphatic carbocycles. The number of hydrogen-bond acceptors (Lipinski definition) is 4. The molecule has 0 aliphatic rings. The molecule has 1 atom stereocenters. The van der Waals surface area contributed by atoms with E-state index in [9.17, 15) is 26.3 Å². The maximum atomic E-state index is 12.5. The Balaban J connectivity index is 0.000000314. The molecule has 26 heavy (non-hydrogen) atoms. The highest BCUT2D eigenvalue weighted by Crippen LogP contribution is 2.34. The zero-order valence-electron chi connectivity index (χ0n) is 13.2. The van der Waals surface area contributed by atoms with Gasteiger partial charge >= 0.3 is 12.4 Å². The predicted octanol–water partition coefficient (Wildman–Crippen LogP) is 4.77. The Bertz CT molecular complexity index is 750. The average Bonchev–Trinajstić information content (AvgIpc) is 2.54. The lowest BCUT2D eigenvalue weighted by Crippen LogP contribution is -2.31. The number of aromatic nitrogens is 1. The summed E-state index contributed by atoms with van der Waals surface area (Å²) in [6, 6.07) is 4.55. The molecule has 2 aromatic rings. The van der Waals surface area contributed by atoms with Gasteiger partial charge in [-0.1, -0.05) is 12.1 Å². The number of nitrogens with zero attached hydrogens (tertiary/aromatic N) is 2. The first-order chi connectivity index (χ1) is 12.0. The van der Waals surface area contributed by atoms with Crippen molar-refractivity contribution in [3.05, 3.63) is 59.4 Å². The van der Waals surface area contributed by atoms with Gasteiger partial charge in [0.15, 0.2) is 0 Å². The fourth-order valence-electron chi connectivity index (χ4n) is 1.87. The number of thiol groups is 1. The monoisotopic (exact) mass is 393 g/mol. The van der Waals surface area contributed by atoms with Crippen LogP contribution in [0.25, 0.3) is 0 Å². The Labute approximate surface area is 151 Å². The van der Waals surface area contributed by atoms with Gasteiger partial charge < -0.3 is 5.32 Å². The molecule has 1 aromatic heterocycles. The maximum absolute atomic E-state index is 12.5. The molecular weight excluding hydrogens is 380 g/mol. The normalized spacial score (nSPS) is 12.6. The van der Waals surface area contributed by atoms with Gasteiger partial charge in [-0.3, -0.25) is 4.98 Å². The van der Waals surface area contributed by atoms with E-state index in [-0.39, 0.29) is 5.56 Å². The summed E-state index contributed by atoms with van der Waals surface area (Å²) in [7, 11) is 1.09. The van der Waals surface area contributed by atoms with Gasteiger partial charge in [-0.25, -0.2) is 0 Å². The second-order valence-corrected chi connectivity index (χ2v) is 5.44. The molecule has 0 unspecified atom stereocenters. The van der Waals surface area contributed by atoms with E-state index in [1.54, 1.807) is 12.3 Å². The van der Waals surface area contributed by atoms with Crippen LogP contribution in [0.5, 0.6) is 0 Å². The third kappa shape index (κ3) is 6.57. The molecule has 3 nitrogen and oxygen atoms in total. The molecule has 1 N–H and O–H groups in total. The smallest absolute Gasteiger partial charge is 0.306 e. The number of halogens is 6. The molecule has 0 spiro atoms. The molecule has 0 saturated heterocycles. The molecule has 140 valence electrons. The molecule has 10 heteroatoms. The van der Waals surface area contributed by atoms with Gasteiger partial charge in [0, 0.05) is 17.3 Å². The Morgan fingerprint density at radius 1 is 1.08 bits per heavy atom. The Hall–Kier alpha value is -2.25. The summed E-state index contributed by atoms with van der Waals surface area (Å²) in [5, 5.41) is 10.3. The number of rotatable bonds is 2.